The molecule has 19 heavy (non-hydrogen) atoms. The fraction of sp³-hybridized carbons (Fsp3) is 1.00. The Morgan fingerprint density at radius 1 is 1.32 bits per heavy atom. The molecule has 0 bridgehead atoms. The number of hydrogen-bond donors (Lipinski definition) is 3. The zero-order chi connectivity index (χ0) is 14.0. The van der Waals surface area contributed by atoms with E-state index in [0.717, 1.165) is 25.8 Å². The topological polar surface area (TPSA) is 92.4 Å². The van der Waals surface area contributed by atoms with Crippen LogP contribution in [0.4, 0.5) is 0 Å². The summed E-state index contributed by atoms with van der Waals surface area (Å²) in [7, 11) is -3.87. The van der Waals surface area contributed by atoms with E-state index >= 15 is 0 Å². The fourth-order valence-corrected chi connectivity index (χ4v) is 3.84. The van der Waals surface area contributed by atoms with Crippen molar-refractivity contribution in [3.63, 3.8) is 0 Å². The first-order valence-electron chi connectivity index (χ1n) is 6.43. The van der Waals surface area contributed by atoms with E-state index in [4.69, 9.17) is 10.3 Å². The molecule has 1 fully saturated rings. The molecule has 5 nitrogen and oxygen atoms in total. The third-order valence-electron chi connectivity index (χ3n) is 3.56. The standard InChI is InChI=1S/C12H26N2O3S.Na.H/c1-11(2)6-10(13)7-12(3,8-11)9-14-4-5-18(15,16)17;;/h10,14H,4-9,13H2,1-3H3,(H,15,16,17);;. The van der Waals surface area contributed by atoms with Crippen LogP contribution in [-0.4, -0.2) is 67.4 Å². The van der Waals surface area contributed by atoms with Gasteiger partial charge in [-0.2, -0.15) is 8.42 Å². The Morgan fingerprint density at radius 2 is 1.89 bits per heavy atom. The van der Waals surface area contributed by atoms with Gasteiger partial charge in [-0.05, 0) is 30.1 Å². The summed E-state index contributed by atoms with van der Waals surface area (Å²) >= 11 is 0. The molecule has 2 unspecified atom stereocenters. The van der Waals surface area contributed by atoms with Crippen molar-refractivity contribution in [2.75, 3.05) is 18.8 Å². The summed E-state index contributed by atoms with van der Waals surface area (Å²) in [6, 6.07) is 0.210. The first kappa shape index (κ1) is 19.8. The van der Waals surface area contributed by atoms with Crippen molar-refractivity contribution in [2.45, 2.75) is 46.1 Å². The molecular formula is C12H27N2NaO3S. The Labute approximate surface area is 139 Å². The summed E-state index contributed by atoms with van der Waals surface area (Å²) in [6.07, 6.45) is 3.06. The normalized spacial score (nSPS) is 30.7. The van der Waals surface area contributed by atoms with Crippen LogP contribution in [0.25, 0.3) is 0 Å². The van der Waals surface area contributed by atoms with Gasteiger partial charge in [-0.15, -0.1) is 0 Å². The van der Waals surface area contributed by atoms with Crippen LogP contribution in [0.5, 0.6) is 0 Å². The summed E-state index contributed by atoms with van der Waals surface area (Å²) in [5.41, 5.74) is 6.43. The van der Waals surface area contributed by atoms with E-state index in [2.05, 4.69) is 26.1 Å². The van der Waals surface area contributed by atoms with Crippen LogP contribution >= 0.6 is 0 Å². The third kappa shape index (κ3) is 7.99. The van der Waals surface area contributed by atoms with Crippen molar-refractivity contribution in [3.05, 3.63) is 0 Å². The first-order chi connectivity index (χ1) is 8.02. The van der Waals surface area contributed by atoms with Crippen LogP contribution in [0.3, 0.4) is 0 Å². The predicted molar refractivity (Wildman–Crippen MR) is 80.1 cm³/mol. The van der Waals surface area contributed by atoms with E-state index < -0.39 is 10.1 Å². The number of rotatable bonds is 5. The summed E-state index contributed by atoms with van der Waals surface area (Å²) in [5.74, 6) is -0.238. The molecule has 1 rings (SSSR count). The van der Waals surface area contributed by atoms with Gasteiger partial charge < -0.3 is 11.1 Å². The van der Waals surface area contributed by atoms with Gasteiger partial charge in [-0.1, -0.05) is 20.8 Å². The minimum absolute atomic E-state index is 0. The molecule has 1 saturated carbocycles. The van der Waals surface area contributed by atoms with Gasteiger partial charge in [0.05, 0.1) is 5.75 Å². The van der Waals surface area contributed by atoms with E-state index in [1.54, 1.807) is 0 Å². The molecule has 0 radical (unpaired) electrons. The summed E-state index contributed by atoms with van der Waals surface area (Å²) in [5, 5.41) is 3.12. The Morgan fingerprint density at radius 3 is 2.37 bits per heavy atom. The van der Waals surface area contributed by atoms with E-state index in [0.29, 0.717) is 0 Å². The maximum absolute atomic E-state index is 10.6. The van der Waals surface area contributed by atoms with E-state index in [9.17, 15) is 8.42 Å². The molecule has 0 spiro atoms. The van der Waals surface area contributed by atoms with Gasteiger partial charge in [0.25, 0.3) is 10.1 Å². The molecular weight excluding hydrogens is 275 g/mol. The van der Waals surface area contributed by atoms with Crippen LogP contribution < -0.4 is 11.1 Å². The Hall–Kier alpha value is 0.830. The molecule has 1 aliphatic carbocycles. The summed E-state index contributed by atoms with van der Waals surface area (Å²) in [6.45, 7) is 7.66. The van der Waals surface area contributed by atoms with Gasteiger partial charge in [0.2, 0.25) is 0 Å². The first-order valence-corrected chi connectivity index (χ1v) is 8.04. The molecule has 110 valence electrons. The monoisotopic (exact) mass is 302 g/mol. The molecule has 2 atom stereocenters. The molecule has 0 saturated heterocycles. The number of hydrogen-bond acceptors (Lipinski definition) is 4. The SMILES string of the molecule is CC1(C)CC(N)CC(C)(CNCCS(=O)(=O)O)C1.[NaH]. The van der Waals surface area contributed by atoms with Crippen LogP contribution in [0, 0.1) is 10.8 Å². The van der Waals surface area contributed by atoms with E-state index in [1.165, 1.54) is 0 Å². The molecule has 0 heterocycles. The van der Waals surface area contributed by atoms with Gasteiger partial charge in [0.1, 0.15) is 0 Å². The van der Waals surface area contributed by atoms with Gasteiger partial charge in [-0.3, -0.25) is 4.55 Å². The molecule has 4 N–H and O–H groups in total. The number of nitrogens with one attached hydrogen (secondary N) is 1. The van der Waals surface area contributed by atoms with E-state index in [1.807, 2.05) is 0 Å². The van der Waals surface area contributed by atoms with Crippen molar-refractivity contribution in [1.29, 1.82) is 0 Å². The maximum atomic E-state index is 10.6. The summed E-state index contributed by atoms with van der Waals surface area (Å²) < 4.78 is 29.9. The van der Waals surface area contributed by atoms with Crippen molar-refractivity contribution in [1.82, 2.24) is 5.32 Å². The van der Waals surface area contributed by atoms with Crippen LogP contribution in [0.1, 0.15) is 40.0 Å². The molecule has 7 heteroatoms. The third-order valence-corrected chi connectivity index (χ3v) is 4.28. The zero-order valence-corrected chi connectivity index (χ0v) is 12.4. The fourth-order valence-electron chi connectivity index (χ4n) is 3.44. The Kier molecular flexibility index (Phi) is 7.52. The van der Waals surface area contributed by atoms with Gasteiger partial charge >= 0.3 is 29.6 Å². The molecule has 0 aromatic carbocycles. The van der Waals surface area contributed by atoms with Crippen LogP contribution in [0.15, 0.2) is 0 Å². The zero-order valence-electron chi connectivity index (χ0n) is 11.6. The van der Waals surface area contributed by atoms with Crippen molar-refractivity contribution < 1.29 is 13.0 Å². The molecule has 1 aliphatic rings. The van der Waals surface area contributed by atoms with E-state index in [-0.39, 0.29) is 58.7 Å². The molecule has 0 aromatic rings. The number of nitrogens with two attached hydrogens (primary N) is 1. The minimum atomic E-state index is -3.87. The van der Waals surface area contributed by atoms with Crippen molar-refractivity contribution in [3.8, 4) is 0 Å². The Balaban J connectivity index is 0.00000324. The van der Waals surface area contributed by atoms with Crippen LogP contribution in [-0.2, 0) is 10.1 Å². The Bertz CT molecular complexity index is 386. The van der Waals surface area contributed by atoms with Crippen molar-refractivity contribution >= 4 is 39.7 Å². The average molecular weight is 302 g/mol. The second-order valence-electron chi connectivity index (χ2n) is 6.78. The second kappa shape index (κ2) is 7.20. The average Bonchev–Trinajstić information content (AvgIpc) is 2.06. The van der Waals surface area contributed by atoms with Gasteiger partial charge in [-0.25, -0.2) is 0 Å². The quantitative estimate of drug-likeness (QED) is 0.387. The van der Waals surface area contributed by atoms with Crippen molar-refractivity contribution in [2.24, 2.45) is 16.6 Å². The van der Waals surface area contributed by atoms with Crippen LogP contribution in [0.2, 0.25) is 0 Å². The van der Waals surface area contributed by atoms with Gasteiger partial charge in [0.15, 0.2) is 0 Å². The molecule has 0 aliphatic heterocycles. The molecule has 0 aromatic heterocycles. The molecule has 0 amide bonds. The van der Waals surface area contributed by atoms with Gasteiger partial charge in [0, 0.05) is 19.1 Å². The second-order valence-corrected chi connectivity index (χ2v) is 8.35. The predicted octanol–water partition coefficient (Wildman–Crippen LogP) is 0.359. The summed E-state index contributed by atoms with van der Waals surface area (Å²) in [4.78, 5) is 0.